The van der Waals surface area contributed by atoms with Gasteiger partial charge >= 0.3 is 0 Å². The molecule has 0 radical (unpaired) electrons. The van der Waals surface area contributed by atoms with Gasteiger partial charge in [0, 0.05) is 18.2 Å². The van der Waals surface area contributed by atoms with Crippen LogP contribution in [0.25, 0.3) is 11.1 Å². The highest BCUT2D eigenvalue weighted by Crippen LogP contribution is 2.43. The Hall–Kier alpha value is -3.42. The molecule has 44 heavy (non-hydrogen) atoms. The van der Waals surface area contributed by atoms with Crippen molar-refractivity contribution in [1.29, 1.82) is 0 Å². The Morgan fingerprint density at radius 2 is 1.50 bits per heavy atom. The van der Waals surface area contributed by atoms with E-state index in [0.29, 0.717) is 45.2 Å². The Labute approximate surface area is 264 Å². The summed E-state index contributed by atoms with van der Waals surface area (Å²) in [7, 11) is 0. The maximum atomic E-state index is 14.3. The molecule has 1 unspecified atom stereocenters. The van der Waals surface area contributed by atoms with Crippen LogP contribution in [0.1, 0.15) is 48.4 Å². The van der Waals surface area contributed by atoms with Crippen molar-refractivity contribution in [2.45, 2.75) is 58.5 Å². The second kappa shape index (κ2) is 16.6. The molecule has 5 nitrogen and oxygen atoms in total. The smallest absolute Gasteiger partial charge is 0.157 e. The quantitative estimate of drug-likeness (QED) is 0.124. The minimum Gasteiger partial charge on any atom is -0.488 e. The van der Waals surface area contributed by atoms with Crippen LogP contribution < -0.4 is 9.47 Å². The lowest BCUT2D eigenvalue weighted by molar-refractivity contribution is -0.168. The molecule has 1 saturated heterocycles. The zero-order chi connectivity index (χ0) is 30.6. The third-order valence-corrected chi connectivity index (χ3v) is 7.96. The molecule has 7 heteroatoms. The number of hydrogen-bond acceptors (Lipinski definition) is 5. The molecule has 0 saturated carbocycles. The Kier molecular flexibility index (Phi) is 12.1. The third-order valence-electron chi connectivity index (χ3n) is 7.67. The number of rotatable bonds is 15. The van der Waals surface area contributed by atoms with Gasteiger partial charge < -0.3 is 23.7 Å². The van der Waals surface area contributed by atoms with Crippen molar-refractivity contribution in [2.75, 3.05) is 26.4 Å². The van der Waals surface area contributed by atoms with Gasteiger partial charge in [-0.15, -0.1) is 0 Å². The summed E-state index contributed by atoms with van der Waals surface area (Å²) in [6.07, 6.45) is 4.31. The molecule has 1 fully saturated rings. The maximum Gasteiger partial charge on any atom is 0.157 e. The molecule has 0 bridgehead atoms. The number of halogens is 2. The minimum atomic E-state index is -0.465. The van der Waals surface area contributed by atoms with E-state index in [9.17, 15) is 4.39 Å². The normalized spacial score (nSPS) is 14.8. The van der Waals surface area contributed by atoms with Crippen molar-refractivity contribution in [3.8, 4) is 22.6 Å². The molecule has 1 heterocycles. The molecule has 1 atom stereocenters. The van der Waals surface area contributed by atoms with Crippen molar-refractivity contribution in [1.82, 2.24) is 0 Å². The highest BCUT2D eigenvalue weighted by Gasteiger charge is 2.22. The van der Waals surface area contributed by atoms with Crippen LogP contribution in [0, 0.1) is 5.82 Å². The van der Waals surface area contributed by atoms with E-state index < -0.39 is 5.82 Å². The average molecular weight is 619 g/mol. The lowest BCUT2D eigenvalue weighted by Gasteiger charge is -2.23. The van der Waals surface area contributed by atoms with Crippen LogP contribution in [0.5, 0.6) is 11.5 Å². The molecule has 4 aromatic rings. The Morgan fingerprint density at radius 1 is 0.795 bits per heavy atom. The van der Waals surface area contributed by atoms with Crippen molar-refractivity contribution < 1.29 is 28.1 Å². The van der Waals surface area contributed by atoms with Crippen LogP contribution in [0.15, 0.2) is 84.9 Å². The summed E-state index contributed by atoms with van der Waals surface area (Å²) in [5.41, 5.74) is 5.83. The fraction of sp³-hybridized carbons (Fsp3) is 0.351. The summed E-state index contributed by atoms with van der Waals surface area (Å²) < 4.78 is 44.8. The topological polar surface area (TPSA) is 46.2 Å². The average Bonchev–Trinajstić information content (AvgIpc) is 3.07. The SMILES string of the molecule is CCc1c(OCc2ccccc2)cc(OCc2ccccc2)c(-c2ccc(F)c(Cl)c2)c1CCOCCOC1CCCCO1. The monoisotopic (exact) mass is 618 g/mol. The Balaban J connectivity index is 1.45. The van der Waals surface area contributed by atoms with Crippen molar-refractivity contribution in [3.05, 3.63) is 118 Å². The molecular formula is C37H40ClFO5. The summed E-state index contributed by atoms with van der Waals surface area (Å²) in [4.78, 5) is 0. The molecule has 232 valence electrons. The summed E-state index contributed by atoms with van der Waals surface area (Å²) in [6.45, 7) is 5.03. The molecule has 0 aliphatic carbocycles. The van der Waals surface area contributed by atoms with Crippen LogP contribution in [-0.2, 0) is 40.3 Å². The summed E-state index contributed by atoms with van der Waals surface area (Å²) >= 11 is 6.30. The lowest BCUT2D eigenvalue weighted by atomic mass is 9.90. The molecule has 0 aromatic heterocycles. The number of hydrogen-bond donors (Lipinski definition) is 0. The first-order valence-electron chi connectivity index (χ1n) is 15.4. The van der Waals surface area contributed by atoms with E-state index in [1.54, 1.807) is 12.1 Å². The van der Waals surface area contributed by atoms with E-state index in [1.165, 1.54) is 6.07 Å². The van der Waals surface area contributed by atoms with Crippen molar-refractivity contribution >= 4 is 11.6 Å². The first-order chi connectivity index (χ1) is 21.6. The Morgan fingerprint density at radius 3 is 2.14 bits per heavy atom. The molecule has 0 spiro atoms. The fourth-order valence-electron chi connectivity index (χ4n) is 5.43. The summed E-state index contributed by atoms with van der Waals surface area (Å²) in [6, 6.07) is 26.8. The van der Waals surface area contributed by atoms with Crippen LogP contribution in [0.3, 0.4) is 0 Å². The van der Waals surface area contributed by atoms with Gasteiger partial charge in [-0.2, -0.15) is 0 Å². The zero-order valence-electron chi connectivity index (χ0n) is 25.2. The lowest BCUT2D eigenvalue weighted by Crippen LogP contribution is -2.24. The molecular weight excluding hydrogens is 579 g/mol. The van der Waals surface area contributed by atoms with Gasteiger partial charge in [-0.3, -0.25) is 0 Å². The van der Waals surface area contributed by atoms with Gasteiger partial charge in [0.2, 0.25) is 0 Å². The van der Waals surface area contributed by atoms with E-state index in [0.717, 1.165) is 71.4 Å². The predicted molar refractivity (Wildman–Crippen MR) is 172 cm³/mol. The van der Waals surface area contributed by atoms with Crippen LogP contribution >= 0.6 is 11.6 Å². The fourth-order valence-corrected chi connectivity index (χ4v) is 5.61. The molecule has 5 rings (SSSR count). The van der Waals surface area contributed by atoms with Gasteiger partial charge in [0.1, 0.15) is 30.5 Å². The predicted octanol–water partition coefficient (Wildman–Crippen LogP) is 8.97. The molecule has 0 N–H and O–H groups in total. The first kappa shape index (κ1) is 32.0. The highest BCUT2D eigenvalue weighted by atomic mass is 35.5. The van der Waals surface area contributed by atoms with Gasteiger partial charge in [0.25, 0.3) is 0 Å². The van der Waals surface area contributed by atoms with Crippen molar-refractivity contribution in [2.24, 2.45) is 0 Å². The standard InChI is InChI=1S/C37H40ClFO5/c1-2-30-31(18-20-40-21-22-42-36-15-9-10-19-41-36)37(29-16-17-33(39)32(38)23-29)35(44-26-28-13-7-4-8-14-28)24-34(30)43-25-27-11-5-3-6-12-27/h3-8,11-14,16-17,23-24,36H,2,9-10,15,18-22,25-26H2,1H3. The zero-order valence-corrected chi connectivity index (χ0v) is 26.0. The minimum absolute atomic E-state index is 0.0586. The van der Waals surface area contributed by atoms with E-state index >= 15 is 0 Å². The molecule has 1 aliphatic rings. The Bertz CT molecular complexity index is 1460. The van der Waals surface area contributed by atoms with Gasteiger partial charge in [-0.05, 0) is 72.1 Å². The third kappa shape index (κ3) is 8.82. The number of ether oxygens (including phenoxy) is 5. The molecule has 1 aliphatic heterocycles. The highest BCUT2D eigenvalue weighted by molar-refractivity contribution is 6.31. The van der Waals surface area contributed by atoms with Gasteiger partial charge in [-0.25, -0.2) is 4.39 Å². The second-order valence-electron chi connectivity index (χ2n) is 10.8. The van der Waals surface area contributed by atoms with Crippen LogP contribution in [0.4, 0.5) is 4.39 Å². The van der Waals surface area contributed by atoms with Gasteiger partial charge in [0.05, 0.1) is 24.8 Å². The van der Waals surface area contributed by atoms with Gasteiger partial charge in [0.15, 0.2) is 6.29 Å². The molecule has 0 amide bonds. The maximum absolute atomic E-state index is 14.3. The number of benzene rings is 4. The van der Waals surface area contributed by atoms with Crippen molar-refractivity contribution in [3.63, 3.8) is 0 Å². The van der Waals surface area contributed by atoms with E-state index in [1.807, 2.05) is 66.7 Å². The van der Waals surface area contributed by atoms with Crippen LogP contribution in [0.2, 0.25) is 5.02 Å². The van der Waals surface area contributed by atoms with E-state index in [2.05, 4.69) is 6.92 Å². The van der Waals surface area contributed by atoms with Gasteiger partial charge in [-0.1, -0.05) is 85.3 Å². The summed E-state index contributed by atoms with van der Waals surface area (Å²) in [5, 5.41) is 0.0586. The van der Waals surface area contributed by atoms with E-state index in [4.69, 9.17) is 35.3 Å². The largest absolute Gasteiger partial charge is 0.488 e. The van der Waals surface area contributed by atoms with Crippen LogP contribution in [-0.4, -0.2) is 32.7 Å². The second-order valence-corrected chi connectivity index (χ2v) is 11.2. The first-order valence-corrected chi connectivity index (χ1v) is 15.8. The van der Waals surface area contributed by atoms with E-state index in [-0.39, 0.29) is 11.3 Å². The summed E-state index contributed by atoms with van der Waals surface area (Å²) in [5.74, 6) is 0.932. The molecule has 4 aromatic carbocycles.